The molecule has 3 rings (SSSR count). The second-order valence-corrected chi connectivity index (χ2v) is 8.78. The smallest absolute Gasteiger partial charge is 0.236 e. The Bertz CT molecular complexity index is 1120. The number of aryl methyl sites for hydroxylation is 1. The zero-order valence-electron chi connectivity index (χ0n) is 17.8. The summed E-state index contributed by atoms with van der Waals surface area (Å²) in [6.07, 6.45) is 0. The maximum Gasteiger partial charge on any atom is 0.236 e. The van der Waals surface area contributed by atoms with Crippen molar-refractivity contribution in [2.24, 2.45) is 0 Å². The summed E-state index contributed by atoms with van der Waals surface area (Å²) < 4.78 is 40.3. The molecule has 0 aliphatic heterocycles. The van der Waals surface area contributed by atoms with Crippen LogP contribution in [0.2, 0.25) is 0 Å². The molecule has 0 amide bonds. The maximum absolute atomic E-state index is 13.0. The molecule has 164 valence electrons. The first-order valence-corrected chi connectivity index (χ1v) is 11.7. The number of nitrogens with one attached hydrogen (secondary N) is 2. The Morgan fingerprint density at radius 2 is 1.55 bits per heavy atom. The lowest BCUT2D eigenvalue weighted by Gasteiger charge is -2.20. The fraction of sp³-hybridized carbons (Fsp3) is 0.273. The summed E-state index contributed by atoms with van der Waals surface area (Å²) in [5.74, 6) is 0.689. The highest BCUT2D eigenvalue weighted by atomic mass is 32.2. The second-order valence-electron chi connectivity index (χ2n) is 7.05. The molecule has 0 fully saturated rings. The molecule has 9 heteroatoms. The Labute approximate surface area is 182 Å². The van der Waals surface area contributed by atoms with E-state index in [1.54, 1.807) is 24.3 Å². The average molecular weight is 444 g/mol. The van der Waals surface area contributed by atoms with E-state index in [2.05, 4.69) is 38.8 Å². The molecule has 0 aliphatic carbocycles. The highest BCUT2D eigenvalue weighted by molar-refractivity contribution is 7.91. The minimum absolute atomic E-state index is 0.238. The minimum Gasteiger partial charge on any atom is -0.357 e. The van der Waals surface area contributed by atoms with Gasteiger partial charge in [-0.1, -0.05) is 12.1 Å². The number of hydrogen-bond acceptors (Lipinski definition) is 6. The molecule has 0 spiro atoms. The van der Waals surface area contributed by atoms with Crippen LogP contribution in [-0.2, 0) is 15.8 Å². The molecule has 31 heavy (non-hydrogen) atoms. The molecule has 0 atom stereocenters. The number of aromatic nitrogens is 2. The largest absolute Gasteiger partial charge is 0.357 e. The first-order chi connectivity index (χ1) is 14.8. The molecule has 0 aliphatic rings. The van der Waals surface area contributed by atoms with Crippen molar-refractivity contribution in [3.63, 3.8) is 0 Å². The van der Waals surface area contributed by atoms with Crippen LogP contribution in [0.25, 0.3) is 0 Å². The minimum atomic E-state index is -3.62. The summed E-state index contributed by atoms with van der Waals surface area (Å²) >= 11 is 0. The van der Waals surface area contributed by atoms with Gasteiger partial charge in [0.25, 0.3) is 0 Å². The van der Waals surface area contributed by atoms with Crippen molar-refractivity contribution >= 4 is 33.2 Å². The molecule has 7 nitrogen and oxygen atoms in total. The first-order valence-electron chi connectivity index (χ1n) is 10.0. The van der Waals surface area contributed by atoms with E-state index in [0.29, 0.717) is 17.2 Å². The van der Waals surface area contributed by atoms with Crippen LogP contribution in [0.15, 0.2) is 54.6 Å². The quantitative estimate of drug-likeness (QED) is 0.508. The Morgan fingerprint density at radius 3 is 2.16 bits per heavy atom. The van der Waals surface area contributed by atoms with Crippen molar-refractivity contribution in [3.8, 4) is 0 Å². The number of halogens is 1. The van der Waals surface area contributed by atoms with Crippen LogP contribution in [0.5, 0.6) is 0 Å². The number of anilines is 4. The van der Waals surface area contributed by atoms with Crippen molar-refractivity contribution in [2.75, 3.05) is 28.0 Å². The second kappa shape index (κ2) is 9.74. The van der Waals surface area contributed by atoms with E-state index in [0.717, 1.165) is 30.3 Å². The van der Waals surface area contributed by atoms with Gasteiger partial charge in [-0.3, -0.25) is 4.72 Å². The number of nitrogens with zero attached hydrogens (tertiary/aromatic N) is 3. The summed E-state index contributed by atoms with van der Waals surface area (Å²) in [6, 6.07) is 14.1. The van der Waals surface area contributed by atoms with Gasteiger partial charge in [-0.25, -0.2) is 17.8 Å². The van der Waals surface area contributed by atoms with Crippen LogP contribution in [-0.4, -0.2) is 31.5 Å². The van der Waals surface area contributed by atoms with E-state index in [-0.39, 0.29) is 5.75 Å². The molecular weight excluding hydrogens is 417 g/mol. The Hall–Kier alpha value is -3.20. The van der Waals surface area contributed by atoms with Gasteiger partial charge >= 0.3 is 0 Å². The number of sulfonamides is 1. The lowest BCUT2D eigenvalue weighted by Crippen LogP contribution is -2.23. The van der Waals surface area contributed by atoms with E-state index in [1.165, 1.54) is 24.3 Å². The molecule has 0 unspecified atom stereocenters. The van der Waals surface area contributed by atoms with Crippen molar-refractivity contribution in [1.29, 1.82) is 0 Å². The van der Waals surface area contributed by atoms with Crippen LogP contribution >= 0.6 is 0 Å². The van der Waals surface area contributed by atoms with Gasteiger partial charge in [0, 0.05) is 36.2 Å². The van der Waals surface area contributed by atoms with Crippen molar-refractivity contribution < 1.29 is 12.8 Å². The van der Waals surface area contributed by atoms with Crippen molar-refractivity contribution in [3.05, 3.63) is 71.7 Å². The Morgan fingerprint density at radius 1 is 0.935 bits per heavy atom. The summed E-state index contributed by atoms with van der Waals surface area (Å²) in [5.41, 5.74) is 2.52. The van der Waals surface area contributed by atoms with Gasteiger partial charge in [-0.2, -0.15) is 4.98 Å². The van der Waals surface area contributed by atoms with E-state index in [4.69, 9.17) is 0 Å². The summed E-state index contributed by atoms with van der Waals surface area (Å²) in [5, 5.41) is 3.16. The molecule has 2 N–H and O–H groups in total. The number of benzene rings is 2. The van der Waals surface area contributed by atoms with E-state index in [1.807, 2.05) is 13.0 Å². The summed E-state index contributed by atoms with van der Waals surface area (Å²) in [4.78, 5) is 11.1. The van der Waals surface area contributed by atoms with Crippen LogP contribution in [0.3, 0.4) is 0 Å². The predicted molar refractivity (Wildman–Crippen MR) is 123 cm³/mol. The third-order valence-electron chi connectivity index (χ3n) is 4.61. The highest BCUT2D eigenvalue weighted by Gasteiger charge is 2.12. The number of hydrogen-bond donors (Lipinski definition) is 2. The zero-order chi connectivity index (χ0) is 22.4. The lowest BCUT2D eigenvalue weighted by atomic mass is 10.2. The number of rotatable bonds is 9. The molecule has 3 aromatic rings. The Balaban J connectivity index is 1.68. The van der Waals surface area contributed by atoms with Gasteiger partial charge in [0.1, 0.15) is 11.6 Å². The summed E-state index contributed by atoms with van der Waals surface area (Å²) in [6.45, 7) is 7.75. The third-order valence-corrected chi connectivity index (χ3v) is 5.87. The van der Waals surface area contributed by atoms with Gasteiger partial charge in [-0.05, 0) is 62.7 Å². The monoisotopic (exact) mass is 443 g/mol. The van der Waals surface area contributed by atoms with Gasteiger partial charge < -0.3 is 10.2 Å². The molecule has 0 saturated carbocycles. The maximum atomic E-state index is 13.0. The molecule has 2 aromatic carbocycles. The van der Waals surface area contributed by atoms with E-state index >= 15 is 0 Å². The normalized spacial score (nSPS) is 11.2. The van der Waals surface area contributed by atoms with Crippen LogP contribution in [0.1, 0.15) is 25.1 Å². The van der Waals surface area contributed by atoms with Crippen LogP contribution in [0.4, 0.5) is 27.5 Å². The lowest BCUT2D eigenvalue weighted by molar-refractivity contribution is 0.600. The van der Waals surface area contributed by atoms with Crippen LogP contribution < -0.4 is 14.9 Å². The average Bonchev–Trinajstić information content (AvgIpc) is 2.71. The highest BCUT2D eigenvalue weighted by Crippen LogP contribution is 2.21. The molecule has 0 saturated heterocycles. The Kier molecular flexibility index (Phi) is 7.06. The molecule has 1 heterocycles. The van der Waals surface area contributed by atoms with E-state index in [9.17, 15) is 12.8 Å². The third kappa shape index (κ3) is 6.39. The van der Waals surface area contributed by atoms with Crippen molar-refractivity contribution in [2.45, 2.75) is 26.5 Å². The zero-order valence-corrected chi connectivity index (χ0v) is 18.6. The first kappa shape index (κ1) is 22.5. The molecule has 0 radical (unpaired) electrons. The topological polar surface area (TPSA) is 87.2 Å². The standard InChI is InChI=1S/C22H26FN5O2S/c1-4-28(5-2)21-14-16(3)24-22(26-21)25-19-10-12-20(13-11-19)27-31(29,30)15-17-6-8-18(23)9-7-17/h6-14,27H,4-5,15H2,1-3H3,(H,24,25,26). The molecular formula is C22H26FN5O2S. The van der Waals surface area contributed by atoms with Gasteiger partial charge in [-0.15, -0.1) is 0 Å². The van der Waals surface area contributed by atoms with E-state index < -0.39 is 15.8 Å². The molecule has 1 aromatic heterocycles. The fourth-order valence-electron chi connectivity index (χ4n) is 3.08. The van der Waals surface area contributed by atoms with Gasteiger partial charge in [0.15, 0.2) is 0 Å². The fourth-order valence-corrected chi connectivity index (χ4v) is 4.28. The van der Waals surface area contributed by atoms with Crippen molar-refractivity contribution in [1.82, 2.24) is 9.97 Å². The SMILES string of the molecule is CCN(CC)c1cc(C)nc(Nc2ccc(NS(=O)(=O)Cc3ccc(F)cc3)cc2)n1. The molecule has 0 bridgehead atoms. The van der Waals surface area contributed by atoms with Gasteiger partial charge in [0.2, 0.25) is 16.0 Å². The predicted octanol–water partition coefficient (Wildman–Crippen LogP) is 4.46. The van der Waals surface area contributed by atoms with Gasteiger partial charge in [0.05, 0.1) is 5.75 Å². The van der Waals surface area contributed by atoms with Crippen LogP contribution in [0, 0.1) is 12.7 Å². The summed E-state index contributed by atoms with van der Waals surface area (Å²) in [7, 11) is -3.62.